The summed E-state index contributed by atoms with van der Waals surface area (Å²) in [4.78, 5) is 27.7. The fourth-order valence-electron chi connectivity index (χ4n) is 2.74. The summed E-state index contributed by atoms with van der Waals surface area (Å²) in [6.07, 6.45) is 0. The van der Waals surface area contributed by atoms with E-state index in [0.717, 1.165) is 0 Å². The van der Waals surface area contributed by atoms with E-state index in [2.05, 4.69) is 5.16 Å². The molecular weight excluding hydrogens is 357 g/mol. The maximum absolute atomic E-state index is 12.4. The molecule has 1 saturated heterocycles. The number of carbonyl (C=O) groups excluding carboxylic acids is 2. The smallest absolute Gasteiger partial charge is 0.281 e. The average molecular weight is 374 g/mol. The van der Waals surface area contributed by atoms with Gasteiger partial charge >= 0.3 is 0 Å². The van der Waals surface area contributed by atoms with E-state index in [1.165, 1.54) is 4.90 Å². The number of hydrogen-bond acceptors (Lipinski definition) is 6. The van der Waals surface area contributed by atoms with E-state index < -0.39 is 5.91 Å². The molecule has 2 aliphatic rings. The lowest BCUT2D eigenvalue weighted by Gasteiger charge is -2.33. The molecule has 2 heterocycles. The van der Waals surface area contributed by atoms with Crippen molar-refractivity contribution in [3.8, 4) is 0 Å². The molecule has 8 nitrogen and oxygen atoms in total. The Kier molecular flexibility index (Phi) is 5.66. The molecule has 1 aromatic rings. The summed E-state index contributed by atoms with van der Waals surface area (Å²) < 4.78 is 0. The van der Waals surface area contributed by atoms with Crippen LogP contribution >= 0.6 is 24.0 Å². The first kappa shape index (κ1) is 18.5. The molecule has 3 rings (SSSR count). The van der Waals surface area contributed by atoms with Crippen LogP contribution in [0.25, 0.3) is 0 Å². The van der Waals surface area contributed by atoms with Gasteiger partial charge in [0.15, 0.2) is 5.71 Å². The molecule has 0 radical (unpaired) electrons. The number of benzene rings is 1. The molecule has 0 bridgehead atoms. The summed E-state index contributed by atoms with van der Waals surface area (Å²) in [5, 5.41) is 14.2. The van der Waals surface area contributed by atoms with Crippen LogP contribution in [-0.2, 0) is 9.59 Å². The summed E-state index contributed by atoms with van der Waals surface area (Å²) in [6.45, 7) is 2.08. The second-order valence-electron chi connectivity index (χ2n) is 5.42. The Bertz CT molecular complexity index is 689. The van der Waals surface area contributed by atoms with Crippen molar-refractivity contribution in [2.24, 2.45) is 11.0 Å². The Morgan fingerprint density at radius 2 is 1.96 bits per heavy atom. The van der Waals surface area contributed by atoms with E-state index in [1.54, 1.807) is 28.1 Å². The van der Waals surface area contributed by atoms with Gasteiger partial charge in [0.25, 0.3) is 5.91 Å². The Balaban J connectivity index is 0.00000208. The standard InChI is InChI=1S/C14H16ClN5O3.ClH/c15-9-1-2-10-11(7-9)20(14(22)13(10)17-23)8-12(21)18-3-5-19(16)6-4-18;/h1-2,7,23H,3-6,8,16H2;1H. The van der Waals surface area contributed by atoms with Crippen molar-refractivity contribution >= 4 is 47.2 Å². The number of rotatable bonds is 2. The predicted molar refractivity (Wildman–Crippen MR) is 91.7 cm³/mol. The molecule has 1 fully saturated rings. The van der Waals surface area contributed by atoms with Crippen LogP contribution in [0.4, 0.5) is 5.69 Å². The maximum atomic E-state index is 12.4. The lowest BCUT2D eigenvalue weighted by atomic mass is 10.1. The van der Waals surface area contributed by atoms with Gasteiger partial charge in [-0.2, -0.15) is 0 Å². The lowest BCUT2D eigenvalue weighted by Crippen LogP contribution is -2.53. The topological polar surface area (TPSA) is 102 Å². The molecule has 0 aromatic heterocycles. The SMILES string of the molecule is Cl.NN1CCN(C(=O)CN2C(=O)C(=NO)c3ccc(Cl)cc32)CC1. The minimum Gasteiger partial charge on any atom is -0.410 e. The Hall–Kier alpha value is -1.87. The first-order valence-corrected chi connectivity index (χ1v) is 7.50. The third-order valence-corrected chi connectivity index (χ3v) is 4.25. The van der Waals surface area contributed by atoms with Gasteiger partial charge in [0, 0.05) is 36.8 Å². The van der Waals surface area contributed by atoms with Crippen molar-refractivity contribution in [3.05, 3.63) is 28.8 Å². The van der Waals surface area contributed by atoms with E-state index in [9.17, 15) is 9.59 Å². The van der Waals surface area contributed by atoms with Crippen molar-refractivity contribution in [3.63, 3.8) is 0 Å². The summed E-state index contributed by atoms with van der Waals surface area (Å²) in [6, 6.07) is 4.78. The zero-order valence-corrected chi connectivity index (χ0v) is 14.3. The number of halogens is 2. The number of carbonyl (C=O) groups is 2. The number of anilines is 1. The van der Waals surface area contributed by atoms with Crippen LogP contribution in [0.1, 0.15) is 5.56 Å². The van der Waals surface area contributed by atoms with Crippen molar-refractivity contribution in [1.29, 1.82) is 0 Å². The molecule has 2 amide bonds. The van der Waals surface area contributed by atoms with Gasteiger partial charge in [0.2, 0.25) is 5.91 Å². The Labute approximate surface area is 149 Å². The second kappa shape index (κ2) is 7.35. The molecule has 0 aliphatic carbocycles. The summed E-state index contributed by atoms with van der Waals surface area (Å²) in [5.41, 5.74) is 0.846. The van der Waals surface area contributed by atoms with Crippen LogP contribution in [-0.4, -0.2) is 65.4 Å². The number of hydrazine groups is 1. The first-order chi connectivity index (χ1) is 11.0. The van der Waals surface area contributed by atoms with E-state index in [4.69, 9.17) is 22.7 Å². The van der Waals surface area contributed by atoms with Gasteiger partial charge < -0.3 is 10.1 Å². The largest absolute Gasteiger partial charge is 0.410 e. The van der Waals surface area contributed by atoms with E-state index in [0.29, 0.717) is 42.5 Å². The average Bonchev–Trinajstić information content (AvgIpc) is 2.79. The summed E-state index contributed by atoms with van der Waals surface area (Å²) in [7, 11) is 0. The third kappa shape index (κ3) is 3.32. The van der Waals surface area contributed by atoms with Crippen molar-refractivity contribution in [2.45, 2.75) is 0 Å². The minimum atomic E-state index is -0.518. The summed E-state index contributed by atoms with van der Waals surface area (Å²) >= 11 is 5.97. The molecule has 24 heavy (non-hydrogen) atoms. The van der Waals surface area contributed by atoms with Crippen LogP contribution < -0.4 is 10.7 Å². The molecule has 130 valence electrons. The van der Waals surface area contributed by atoms with Crippen LogP contribution in [0.15, 0.2) is 23.4 Å². The highest BCUT2D eigenvalue weighted by atomic mass is 35.5. The zero-order valence-electron chi connectivity index (χ0n) is 12.7. The Morgan fingerprint density at radius 3 is 2.58 bits per heavy atom. The van der Waals surface area contributed by atoms with Gasteiger partial charge in [-0.3, -0.25) is 20.3 Å². The number of amides is 2. The van der Waals surface area contributed by atoms with Gasteiger partial charge in [-0.25, -0.2) is 5.01 Å². The van der Waals surface area contributed by atoms with E-state index in [1.807, 2.05) is 0 Å². The fourth-order valence-corrected chi connectivity index (χ4v) is 2.91. The van der Waals surface area contributed by atoms with Crippen LogP contribution in [0, 0.1) is 0 Å². The van der Waals surface area contributed by atoms with Gasteiger partial charge in [0.1, 0.15) is 6.54 Å². The first-order valence-electron chi connectivity index (χ1n) is 7.12. The molecule has 3 N–H and O–H groups in total. The van der Waals surface area contributed by atoms with Gasteiger partial charge in [-0.05, 0) is 18.2 Å². The van der Waals surface area contributed by atoms with Crippen LogP contribution in [0.5, 0.6) is 0 Å². The number of piperazine rings is 1. The van der Waals surface area contributed by atoms with E-state index in [-0.39, 0.29) is 30.6 Å². The second-order valence-corrected chi connectivity index (χ2v) is 5.85. The summed E-state index contributed by atoms with van der Waals surface area (Å²) in [5.74, 6) is 4.97. The number of fused-ring (bicyclic) bond motifs is 1. The molecule has 10 heteroatoms. The predicted octanol–water partition coefficient (Wildman–Crippen LogP) is 0.305. The zero-order chi connectivity index (χ0) is 16.6. The highest BCUT2D eigenvalue weighted by Crippen LogP contribution is 2.31. The van der Waals surface area contributed by atoms with Crippen LogP contribution in [0.3, 0.4) is 0 Å². The van der Waals surface area contributed by atoms with Gasteiger partial charge in [0.05, 0.1) is 5.69 Å². The minimum absolute atomic E-state index is 0. The number of nitrogens with zero attached hydrogens (tertiary/aromatic N) is 4. The van der Waals surface area contributed by atoms with Crippen molar-refractivity contribution in [2.75, 3.05) is 37.6 Å². The molecule has 2 aliphatic heterocycles. The monoisotopic (exact) mass is 373 g/mol. The number of nitrogens with two attached hydrogens (primary N) is 1. The number of hydrogen-bond donors (Lipinski definition) is 2. The lowest BCUT2D eigenvalue weighted by molar-refractivity contribution is -0.132. The number of oxime groups is 1. The molecule has 0 atom stereocenters. The maximum Gasteiger partial charge on any atom is 0.281 e. The highest BCUT2D eigenvalue weighted by molar-refractivity contribution is 6.54. The normalized spacial score (nSPS) is 19.4. The third-order valence-electron chi connectivity index (χ3n) is 4.01. The van der Waals surface area contributed by atoms with Crippen molar-refractivity contribution < 1.29 is 14.8 Å². The quantitative estimate of drug-likeness (QED) is 0.441. The van der Waals surface area contributed by atoms with Crippen LogP contribution in [0.2, 0.25) is 5.02 Å². The van der Waals surface area contributed by atoms with Gasteiger partial charge in [-0.15, -0.1) is 12.4 Å². The Morgan fingerprint density at radius 1 is 1.29 bits per heavy atom. The van der Waals surface area contributed by atoms with Gasteiger partial charge in [-0.1, -0.05) is 16.8 Å². The van der Waals surface area contributed by atoms with Crippen molar-refractivity contribution in [1.82, 2.24) is 9.91 Å². The molecule has 0 saturated carbocycles. The molecule has 0 spiro atoms. The fraction of sp³-hybridized carbons (Fsp3) is 0.357. The molecule has 1 aromatic carbocycles. The molecular formula is C14H17Cl2N5O3. The van der Waals surface area contributed by atoms with E-state index >= 15 is 0 Å². The molecule has 0 unspecified atom stereocenters. The highest BCUT2D eigenvalue weighted by Gasteiger charge is 2.36.